The van der Waals surface area contributed by atoms with Gasteiger partial charge in [0.15, 0.2) is 0 Å². The summed E-state index contributed by atoms with van der Waals surface area (Å²) >= 11 is 0. The molecule has 0 saturated carbocycles. The summed E-state index contributed by atoms with van der Waals surface area (Å²) in [4.78, 5) is 10.9. The van der Waals surface area contributed by atoms with Crippen LogP contribution in [-0.4, -0.2) is 174 Å². The van der Waals surface area contributed by atoms with Crippen molar-refractivity contribution < 1.29 is 0 Å². The Morgan fingerprint density at radius 2 is 1.07 bits per heavy atom. The maximum atomic E-state index is 3.92. The van der Waals surface area contributed by atoms with Crippen LogP contribution in [0.5, 0.6) is 0 Å². The summed E-state index contributed by atoms with van der Waals surface area (Å²) in [5.74, 6) is 0. The van der Waals surface area contributed by atoms with Crippen molar-refractivity contribution in [3.63, 3.8) is 0 Å². The third kappa shape index (κ3) is 36.7. The molecule has 7 aliphatic heterocycles. The summed E-state index contributed by atoms with van der Waals surface area (Å²) in [6, 6.07) is 5.64. The minimum Gasteiger partial charge on any atom is -0.375 e. The van der Waals surface area contributed by atoms with Crippen LogP contribution in [0.25, 0.3) is 0 Å². The van der Waals surface area contributed by atoms with Gasteiger partial charge in [-0.05, 0) is 196 Å². The molecule has 0 radical (unpaired) electrons. The average Bonchev–Trinajstić information content (AvgIpc) is 4.35. The highest BCUT2D eigenvalue weighted by Crippen LogP contribution is 2.12. The number of aromatic nitrogens is 9. The van der Waals surface area contributed by atoms with Gasteiger partial charge in [-0.2, -0.15) is 20.1 Å². The van der Waals surface area contributed by atoms with E-state index in [0.717, 1.165) is 38.6 Å². The molecule has 10 rings (SSSR count). The molecule has 10 heterocycles. The van der Waals surface area contributed by atoms with E-state index in [-0.39, 0.29) is 0 Å². The molecular weight excluding hydrogens is 1050 g/mol. The van der Waals surface area contributed by atoms with Crippen molar-refractivity contribution >= 4 is 0 Å². The minimum absolute atomic E-state index is 0.380. The second kappa shape index (κ2) is 46.4. The fourth-order valence-corrected chi connectivity index (χ4v) is 7.95. The van der Waals surface area contributed by atoms with Crippen LogP contribution >= 0.6 is 0 Å². The first-order valence-corrected chi connectivity index (χ1v) is 31.6. The van der Waals surface area contributed by atoms with Crippen LogP contribution in [0.2, 0.25) is 0 Å². The van der Waals surface area contributed by atoms with Gasteiger partial charge in [-0.1, -0.05) is 41.2 Å². The van der Waals surface area contributed by atoms with E-state index in [2.05, 4.69) is 261 Å². The number of nitrogens with one attached hydrogen (secondary N) is 3. The summed E-state index contributed by atoms with van der Waals surface area (Å²) in [5.41, 5.74) is 6.47. The van der Waals surface area contributed by atoms with Crippen molar-refractivity contribution in [1.82, 2.24) is 95.5 Å². The lowest BCUT2D eigenvalue weighted by molar-refractivity contribution is 0.185. The van der Waals surface area contributed by atoms with Crippen molar-refractivity contribution in [3.05, 3.63) is 111 Å². The smallest absolute Gasteiger partial charge is 0.119 e. The second-order valence-electron chi connectivity index (χ2n) is 23.9. The van der Waals surface area contributed by atoms with Gasteiger partial charge in [0.25, 0.3) is 0 Å². The highest BCUT2D eigenvalue weighted by molar-refractivity contribution is 5.03. The average molecular weight is 1170 g/mol. The highest BCUT2D eigenvalue weighted by Gasteiger charge is 2.14. The van der Waals surface area contributed by atoms with Crippen molar-refractivity contribution in [2.45, 2.75) is 244 Å². The van der Waals surface area contributed by atoms with E-state index in [9.17, 15) is 0 Å². The first-order valence-electron chi connectivity index (χ1n) is 31.6. The van der Waals surface area contributed by atoms with E-state index in [0.29, 0.717) is 54.4 Å². The minimum atomic E-state index is 0.380. The lowest BCUT2D eigenvalue weighted by Gasteiger charge is -2.29. The van der Waals surface area contributed by atoms with Crippen LogP contribution in [0, 0.1) is 0 Å². The molecule has 21 nitrogen and oxygen atoms in total. The lowest BCUT2D eigenvalue weighted by atomic mass is 10.1. The molecule has 478 valence electrons. The summed E-state index contributed by atoms with van der Waals surface area (Å²) in [5, 5.41) is 39.7. The molecule has 2 saturated heterocycles. The van der Waals surface area contributed by atoms with Gasteiger partial charge >= 0.3 is 0 Å². The Hall–Kier alpha value is -5.90. The third-order valence-corrected chi connectivity index (χ3v) is 13.4. The topological polar surface area (TPSA) is 176 Å². The summed E-state index contributed by atoms with van der Waals surface area (Å²) in [6.45, 7) is 52.2. The fraction of sp³-hybridized carbons (Fsp3) is 0.714. The quantitative estimate of drug-likeness (QED) is 0.175. The Balaban J connectivity index is 0.000000467. The van der Waals surface area contributed by atoms with Crippen LogP contribution in [0.4, 0.5) is 0 Å². The molecule has 2 fully saturated rings. The van der Waals surface area contributed by atoms with Crippen molar-refractivity contribution in [3.8, 4) is 0 Å². The lowest BCUT2D eigenvalue weighted by Crippen LogP contribution is -2.36. The molecule has 0 aromatic carbocycles. The van der Waals surface area contributed by atoms with Gasteiger partial charge in [0.2, 0.25) is 0 Å². The van der Waals surface area contributed by atoms with E-state index in [1.807, 2.05) is 54.4 Å². The number of hydrogen-bond donors (Lipinski definition) is 3. The molecule has 7 aliphatic rings. The second-order valence-corrected chi connectivity index (χ2v) is 23.9. The number of likely N-dealkylation sites (tertiary alicyclic amines) is 1. The molecule has 21 heteroatoms. The van der Waals surface area contributed by atoms with E-state index in [1.54, 1.807) is 40.7 Å². The summed E-state index contributed by atoms with van der Waals surface area (Å²) < 4.78 is 3.75. The molecule has 3 aromatic rings. The Morgan fingerprint density at radius 1 is 0.452 bits per heavy atom. The van der Waals surface area contributed by atoms with Gasteiger partial charge in [-0.25, -0.2) is 10.4 Å². The predicted octanol–water partition coefficient (Wildman–Crippen LogP) is 12.2. The van der Waals surface area contributed by atoms with Gasteiger partial charge in [0, 0.05) is 130 Å². The summed E-state index contributed by atoms with van der Waals surface area (Å²) in [7, 11) is 0. The van der Waals surface area contributed by atoms with Gasteiger partial charge < -0.3 is 34.5 Å². The number of hydrazine groups is 2. The number of hydrogen-bond acceptors (Lipinski definition) is 18. The maximum Gasteiger partial charge on any atom is 0.119 e. The van der Waals surface area contributed by atoms with Crippen molar-refractivity contribution in [2.24, 2.45) is 10.3 Å². The number of allylic oxidation sites excluding steroid dienone is 3. The zero-order valence-electron chi connectivity index (χ0n) is 56.3. The van der Waals surface area contributed by atoms with Gasteiger partial charge in [0.05, 0.1) is 37.7 Å². The standard InChI is InChI=1S/C8H17N.C8H15N.C8H13N.C7H12N2.C6H14N2.C6H12N2.C5H9N3.C5H11N3.2C5H9N3/c3*1-8(2)9-6-4-3-5-7-9;1-7(2)9-5-3-8-4-6-9;2*1-6(2)8-5-3-4-7-8;1-5(2)8-3-6-7-4-8;2*1-5(2)8-4-3-6-7-8;1-5(2)8-6-3-4-7-8/h8H,3-7H2,1-2H3;4,6,8H,3,5,7H2,1-2H3;4-8H,3H2,1-2H3;3-8H,1-2H3;6-7H,3-5H2,1-2H3;3,5-7H,4H2,1-2H3;3-5H,1-2H3;5H,3-4H2,1-2H3;2*3-5H,1-2H3. The van der Waals surface area contributed by atoms with E-state index >= 15 is 0 Å². The van der Waals surface area contributed by atoms with E-state index in [1.165, 1.54) is 64.7 Å². The summed E-state index contributed by atoms with van der Waals surface area (Å²) in [6.07, 6.45) is 44.7. The van der Waals surface area contributed by atoms with Gasteiger partial charge in [-0.15, -0.1) is 15.3 Å². The Labute approximate surface area is 511 Å². The van der Waals surface area contributed by atoms with Crippen LogP contribution < -0.4 is 16.2 Å². The van der Waals surface area contributed by atoms with Crippen LogP contribution in [0.1, 0.15) is 202 Å². The Morgan fingerprint density at radius 3 is 1.36 bits per heavy atom. The molecule has 3 N–H and O–H groups in total. The van der Waals surface area contributed by atoms with Gasteiger partial charge in [-0.3, -0.25) is 15.1 Å². The first-order chi connectivity index (χ1) is 40.0. The third-order valence-electron chi connectivity index (χ3n) is 13.4. The van der Waals surface area contributed by atoms with E-state index in [4.69, 9.17) is 0 Å². The maximum absolute atomic E-state index is 3.92. The van der Waals surface area contributed by atoms with Crippen molar-refractivity contribution in [1.29, 1.82) is 0 Å². The molecular formula is C63H121N21. The predicted molar refractivity (Wildman–Crippen MR) is 350 cm³/mol. The van der Waals surface area contributed by atoms with Gasteiger partial charge in [0.1, 0.15) is 12.7 Å². The fourth-order valence-electron chi connectivity index (χ4n) is 7.95. The first kappa shape index (κ1) is 76.1. The highest BCUT2D eigenvalue weighted by atomic mass is 15.6. The molecule has 0 amide bonds. The Kier molecular flexibility index (Phi) is 42.0. The molecule has 0 spiro atoms. The van der Waals surface area contributed by atoms with Crippen LogP contribution in [0.3, 0.4) is 0 Å². The molecule has 0 unspecified atom stereocenters. The SMILES string of the molecule is CC(C)N1C=CCC=C1.CC(C)N1C=CCCC1.CC(C)N1C=CCN1.CC(C)N1C=CNC=C1.CC(C)N1CCCCC1.CC(C)N1CCCN1.CC(C)N1CCN=N1.CC(C)n1ccnn1.CC(C)n1cnnc1.CC(C)n1nccn1. The number of rotatable bonds is 10. The molecule has 0 aliphatic carbocycles. The molecule has 3 aromatic heterocycles. The number of piperidine rings is 1. The largest absolute Gasteiger partial charge is 0.375 e. The normalized spacial score (nSPS) is 16.9. The Bertz CT molecular complexity index is 1960. The monoisotopic (exact) mass is 1170 g/mol. The molecule has 0 bridgehead atoms. The molecule has 0 atom stereocenters. The molecule has 84 heavy (non-hydrogen) atoms. The zero-order chi connectivity index (χ0) is 62.7. The van der Waals surface area contributed by atoms with E-state index < -0.39 is 0 Å². The van der Waals surface area contributed by atoms with Crippen LogP contribution in [-0.2, 0) is 0 Å². The van der Waals surface area contributed by atoms with Crippen molar-refractivity contribution in [2.75, 3.05) is 52.4 Å². The van der Waals surface area contributed by atoms with Crippen LogP contribution in [0.15, 0.2) is 122 Å². The number of nitrogens with zero attached hydrogens (tertiary/aromatic N) is 18. The zero-order valence-corrected chi connectivity index (χ0v) is 56.3.